The van der Waals surface area contributed by atoms with Gasteiger partial charge in [-0.05, 0) is 6.07 Å². The van der Waals surface area contributed by atoms with Gasteiger partial charge in [0.05, 0.1) is 18.8 Å². The van der Waals surface area contributed by atoms with Crippen LogP contribution in [0.15, 0.2) is 18.3 Å². The summed E-state index contributed by atoms with van der Waals surface area (Å²) in [5, 5.41) is 0. The number of nitrogens with one attached hydrogen (secondary N) is 2. The highest BCUT2D eigenvalue weighted by Gasteiger charge is 2.19. The molecule has 1 aliphatic heterocycles. The molecule has 0 bridgehead atoms. The lowest BCUT2D eigenvalue weighted by Crippen LogP contribution is -2.39. The second kappa shape index (κ2) is 4.91. The predicted octanol–water partition coefficient (Wildman–Crippen LogP) is -1.06. The van der Waals surface area contributed by atoms with Crippen LogP contribution in [0, 0.1) is 0 Å². The van der Waals surface area contributed by atoms with Gasteiger partial charge < -0.3 is 4.74 Å². The third-order valence-electron chi connectivity index (χ3n) is 2.54. The van der Waals surface area contributed by atoms with Crippen molar-refractivity contribution in [1.29, 1.82) is 0 Å². The van der Waals surface area contributed by atoms with Crippen LogP contribution in [-0.4, -0.2) is 32.2 Å². The Morgan fingerprint density at radius 2 is 2.19 bits per heavy atom. The first-order valence-electron chi connectivity index (χ1n) is 5.16. The first-order valence-corrected chi connectivity index (χ1v) is 5.16. The Kier molecular flexibility index (Phi) is 3.33. The number of nitrogens with zero attached hydrogens (tertiary/aromatic N) is 1. The molecule has 6 heteroatoms. The van der Waals surface area contributed by atoms with Gasteiger partial charge in [0.15, 0.2) is 0 Å². The highest BCUT2D eigenvalue weighted by atomic mass is 16.5. The lowest BCUT2D eigenvalue weighted by molar-refractivity contribution is -0.364. The van der Waals surface area contributed by atoms with Gasteiger partial charge >= 0.3 is 0 Å². The Morgan fingerprint density at radius 3 is 2.75 bits per heavy atom. The van der Waals surface area contributed by atoms with Crippen molar-refractivity contribution in [2.24, 2.45) is 5.84 Å². The van der Waals surface area contributed by atoms with E-state index in [9.17, 15) is 4.79 Å². The molecule has 0 spiro atoms. The molecule has 1 aromatic rings. The van der Waals surface area contributed by atoms with Crippen LogP contribution >= 0.6 is 0 Å². The molecular weight excluding hydrogens is 208 g/mol. The predicted molar refractivity (Wildman–Crippen MR) is 57.7 cm³/mol. The number of nitrogen functional groups attached to an aromatic ring is 1. The van der Waals surface area contributed by atoms with Gasteiger partial charge in [-0.15, -0.1) is 0 Å². The number of aromatic amines is 1. The molecule has 0 atom stereocenters. The molecule has 86 valence electrons. The maximum atomic E-state index is 11.2. The summed E-state index contributed by atoms with van der Waals surface area (Å²) in [6, 6.07) is 3.61. The van der Waals surface area contributed by atoms with Gasteiger partial charge in [-0.1, -0.05) is 0 Å². The minimum atomic E-state index is -0.301. The molecule has 0 aliphatic carbocycles. The normalized spacial score (nSPS) is 15.9. The molecule has 0 saturated carbocycles. The number of carbonyl (C=O) groups excluding carboxylic acids is 1. The van der Waals surface area contributed by atoms with Crippen LogP contribution < -0.4 is 21.2 Å². The van der Waals surface area contributed by atoms with Gasteiger partial charge in [0, 0.05) is 6.07 Å². The Morgan fingerprint density at radius 1 is 1.44 bits per heavy atom. The zero-order valence-corrected chi connectivity index (χ0v) is 8.90. The summed E-state index contributed by atoms with van der Waals surface area (Å²) in [6.45, 7) is 3.19. The van der Waals surface area contributed by atoms with E-state index in [-0.39, 0.29) is 5.91 Å². The average Bonchev–Trinajstić information content (AvgIpc) is 2.39. The standard InChI is InChI=1S/C10H14N4O2/c11-13-10(15)8-1-2-9(12-7-8)14-3-5-16-6-4-14/h1-2,7H,3-6,11H2,(H,13,15)/p+1. The molecule has 4 N–H and O–H groups in total. The summed E-state index contributed by atoms with van der Waals surface area (Å²) >= 11 is 0. The number of aromatic nitrogens is 1. The van der Waals surface area contributed by atoms with Crippen molar-refractivity contribution in [2.75, 3.05) is 31.2 Å². The highest BCUT2D eigenvalue weighted by molar-refractivity contribution is 5.93. The molecule has 0 radical (unpaired) electrons. The third kappa shape index (κ3) is 2.29. The van der Waals surface area contributed by atoms with Gasteiger partial charge in [-0.3, -0.25) is 15.1 Å². The van der Waals surface area contributed by atoms with Crippen LogP contribution in [0.3, 0.4) is 0 Å². The second-order valence-electron chi connectivity index (χ2n) is 3.54. The third-order valence-corrected chi connectivity index (χ3v) is 2.54. The molecule has 6 nitrogen and oxygen atoms in total. The number of rotatable bonds is 2. The van der Waals surface area contributed by atoms with E-state index in [1.807, 2.05) is 6.07 Å². The van der Waals surface area contributed by atoms with Gasteiger partial charge in [0.1, 0.15) is 19.3 Å². The van der Waals surface area contributed by atoms with Crippen LogP contribution in [0.25, 0.3) is 0 Å². The SMILES string of the molecule is NNC(=O)c1ccc(N2CCOCC2)[nH+]c1. The quantitative estimate of drug-likeness (QED) is 0.380. The molecule has 1 aromatic heterocycles. The molecule has 1 fully saturated rings. The smallest absolute Gasteiger partial charge is 0.274 e. The molecular formula is C10H15N4O2+. The number of anilines is 1. The summed E-state index contributed by atoms with van der Waals surface area (Å²) < 4.78 is 5.26. The average molecular weight is 223 g/mol. The molecule has 2 heterocycles. The Bertz CT molecular complexity index is 360. The van der Waals surface area contributed by atoms with E-state index in [1.165, 1.54) is 0 Å². The zero-order valence-electron chi connectivity index (χ0n) is 8.90. The number of morpholine rings is 1. The van der Waals surface area contributed by atoms with Crippen molar-refractivity contribution in [2.45, 2.75) is 0 Å². The van der Waals surface area contributed by atoms with Crippen molar-refractivity contribution in [3.8, 4) is 0 Å². The molecule has 2 rings (SSSR count). The van der Waals surface area contributed by atoms with Gasteiger partial charge in [-0.2, -0.15) is 0 Å². The molecule has 0 unspecified atom stereocenters. The fourth-order valence-corrected chi connectivity index (χ4v) is 1.64. The molecule has 0 aromatic carbocycles. The minimum Gasteiger partial charge on any atom is -0.373 e. The van der Waals surface area contributed by atoms with Crippen molar-refractivity contribution >= 4 is 11.7 Å². The van der Waals surface area contributed by atoms with E-state index >= 15 is 0 Å². The maximum absolute atomic E-state index is 11.2. The molecule has 1 amide bonds. The lowest BCUT2D eigenvalue weighted by Gasteiger charge is -2.21. The van der Waals surface area contributed by atoms with Gasteiger partial charge in [0.25, 0.3) is 11.7 Å². The highest BCUT2D eigenvalue weighted by Crippen LogP contribution is 2.09. The summed E-state index contributed by atoms with van der Waals surface area (Å²) in [6.07, 6.45) is 1.65. The summed E-state index contributed by atoms with van der Waals surface area (Å²) in [4.78, 5) is 16.5. The maximum Gasteiger partial charge on any atom is 0.274 e. The lowest BCUT2D eigenvalue weighted by atomic mass is 10.2. The van der Waals surface area contributed by atoms with E-state index in [4.69, 9.17) is 10.6 Å². The van der Waals surface area contributed by atoms with Crippen molar-refractivity contribution in [3.63, 3.8) is 0 Å². The van der Waals surface area contributed by atoms with E-state index in [0.717, 1.165) is 32.1 Å². The number of nitrogens with two attached hydrogens (primary N) is 1. The summed E-state index contributed by atoms with van der Waals surface area (Å²) in [7, 11) is 0. The Hall–Kier alpha value is -1.66. The van der Waals surface area contributed by atoms with Gasteiger partial charge in [0.2, 0.25) is 0 Å². The molecule has 16 heavy (non-hydrogen) atoms. The number of H-pyrrole nitrogens is 1. The first kappa shape index (κ1) is 10.8. The van der Waals surface area contributed by atoms with Crippen LogP contribution in [0.1, 0.15) is 10.4 Å². The van der Waals surface area contributed by atoms with Crippen molar-refractivity contribution in [1.82, 2.24) is 5.43 Å². The number of hydrogen-bond acceptors (Lipinski definition) is 4. The van der Waals surface area contributed by atoms with Crippen LogP contribution in [-0.2, 0) is 4.74 Å². The minimum absolute atomic E-state index is 0.301. The van der Waals surface area contributed by atoms with E-state index in [1.54, 1.807) is 12.3 Å². The van der Waals surface area contributed by atoms with Crippen LogP contribution in [0.2, 0.25) is 0 Å². The number of carbonyl (C=O) groups is 1. The largest absolute Gasteiger partial charge is 0.373 e. The second-order valence-corrected chi connectivity index (χ2v) is 3.54. The number of amides is 1. The Labute approximate surface area is 93.4 Å². The topological polar surface area (TPSA) is 81.7 Å². The monoisotopic (exact) mass is 223 g/mol. The van der Waals surface area contributed by atoms with Gasteiger partial charge in [-0.25, -0.2) is 10.8 Å². The van der Waals surface area contributed by atoms with Crippen molar-refractivity contribution in [3.05, 3.63) is 23.9 Å². The van der Waals surface area contributed by atoms with E-state index in [2.05, 4.69) is 15.3 Å². The van der Waals surface area contributed by atoms with E-state index in [0.29, 0.717) is 5.56 Å². The molecule has 1 aliphatic rings. The fourth-order valence-electron chi connectivity index (χ4n) is 1.64. The number of pyridine rings is 1. The first-order chi connectivity index (χ1) is 7.81. The van der Waals surface area contributed by atoms with Crippen LogP contribution in [0.4, 0.5) is 5.82 Å². The number of hydrogen-bond donors (Lipinski definition) is 2. The van der Waals surface area contributed by atoms with E-state index < -0.39 is 0 Å². The fraction of sp³-hybridized carbons (Fsp3) is 0.400. The zero-order chi connectivity index (χ0) is 11.4. The molecule has 1 saturated heterocycles. The number of hydrazine groups is 1. The number of ether oxygens (including phenoxy) is 1. The van der Waals surface area contributed by atoms with Crippen molar-refractivity contribution < 1.29 is 14.5 Å². The van der Waals surface area contributed by atoms with Crippen LogP contribution in [0.5, 0.6) is 0 Å². The summed E-state index contributed by atoms with van der Waals surface area (Å²) in [5.74, 6) is 5.73. The Balaban J connectivity index is 2.09. The summed E-state index contributed by atoms with van der Waals surface area (Å²) in [5.41, 5.74) is 2.60.